The molecule has 66 valence electrons. The molecule has 0 heterocycles. The van der Waals surface area contributed by atoms with Gasteiger partial charge in [-0.1, -0.05) is 34.6 Å². The van der Waals surface area contributed by atoms with E-state index >= 15 is 0 Å². The van der Waals surface area contributed by atoms with Gasteiger partial charge in [0.15, 0.2) is 0 Å². The molecule has 0 nitrogen and oxygen atoms in total. The highest BCUT2D eigenvalue weighted by molar-refractivity contribution is 5.01. The third-order valence-corrected chi connectivity index (χ3v) is 3.24. The molecule has 0 aromatic carbocycles. The van der Waals surface area contributed by atoms with Crippen LogP contribution in [0.2, 0.25) is 0 Å². The lowest BCUT2D eigenvalue weighted by Gasteiger charge is -2.32. The quantitative estimate of drug-likeness (QED) is 0.566. The minimum absolute atomic E-state index is 0.539. The molecule has 0 spiro atoms. The van der Waals surface area contributed by atoms with Gasteiger partial charge in [0.05, 0.1) is 0 Å². The van der Waals surface area contributed by atoms with Crippen molar-refractivity contribution < 1.29 is 0 Å². The predicted molar refractivity (Wildman–Crippen MR) is 50.6 cm³/mol. The van der Waals surface area contributed by atoms with Crippen molar-refractivity contribution in [2.75, 3.05) is 0 Å². The SMILES string of the molecule is CC(C)CC1(C(C)(C)C)CC1. The van der Waals surface area contributed by atoms with Crippen LogP contribution < -0.4 is 0 Å². The minimum Gasteiger partial charge on any atom is -0.0628 e. The van der Waals surface area contributed by atoms with Gasteiger partial charge < -0.3 is 0 Å². The Labute approximate surface area is 71.4 Å². The molecule has 11 heavy (non-hydrogen) atoms. The summed E-state index contributed by atoms with van der Waals surface area (Å²) < 4.78 is 0. The predicted octanol–water partition coefficient (Wildman–Crippen LogP) is 3.86. The molecular weight excluding hydrogens is 132 g/mol. The molecule has 1 aliphatic rings. The topological polar surface area (TPSA) is 0 Å². The van der Waals surface area contributed by atoms with Crippen LogP contribution in [-0.4, -0.2) is 0 Å². The number of hydrogen-bond donors (Lipinski definition) is 0. The van der Waals surface area contributed by atoms with E-state index in [-0.39, 0.29) is 0 Å². The molecule has 0 saturated heterocycles. The maximum atomic E-state index is 2.39. The maximum Gasteiger partial charge on any atom is -0.0246 e. The Kier molecular flexibility index (Phi) is 2.07. The van der Waals surface area contributed by atoms with Crippen LogP contribution in [0.1, 0.15) is 53.9 Å². The second-order valence-electron chi connectivity index (χ2n) is 5.63. The van der Waals surface area contributed by atoms with Crippen LogP contribution in [0.15, 0.2) is 0 Å². The molecule has 0 aromatic heterocycles. The first-order valence-corrected chi connectivity index (χ1v) is 4.87. The van der Waals surface area contributed by atoms with Crippen LogP contribution in [0, 0.1) is 16.7 Å². The fraction of sp³-hybridized carbons (Fsp3) is 1.00. The zero-order chi connectivity index (χ0) is 8.70. The van der Waals surface area contributed by atoms with Crippen molar-refractivity contribution in [3.63, 3.8) is 0 Å². The van der Waals surface area contributed by atoms with E-state index in [0.717, 1.165) is 5.92 Å². The summed E-state index contributed by atoms with van der Waals surface area (Å²) in [5, 5.41) is 0. The molecule has 1 aliphatic carbocycles. The molecule has 0 aromatic rings. The lowest BCUT2D eigenvalue weighted by Crippen LogP contribution is -2.23. The molecular formula is C11H22. The molecule has 0 aliphatic heterocycles. The standard InChI is InChI=1S/C11H22/c1-9(2)8-11(6-7-11)10(3,4)5/h9H,6-8H2,1-5H3. The Morgan fingerprint density at radius 1 is 1.18 bits per heavy atom. The van der Waals surface area contributed by atoms with Gasteiger partial charge in [-0.05, 0) is 36.0 Å². The molecule has 1 rings (SSSR count). The van der Waals surface area contributed by atoms with Gasteiger partial charge in [0.1, 0.15) is 0 Å². The van der Waals surface area contributed by atoms with Crippen LogP contribution in [0.4, 0.5) is 0 Å². The van der Waals surface area contributed by atoms with E-state index in [1.54, 1.807) is 0 Å². The molecule has 0 N–H and O–H groups in total. The molecule has 0 unspecified atom stereocenters. The monoisotopic (exact) mass is 154 g/mol. The Morgan fingerprint density at radius 2 is 1.64 bits per heavy atom. The van der Waals surface area contributed by atoms with E-state index in [1.807, 2.05) is 0 Å². The first kappa shape index (κ1) is 9.09. The lowest BCUT2D eigenvalue weighted by molar-refractivity contribution is 0.178. The summed E-state index contributed by atoms with van der Waals surface area (Å²) in [6, 6.07) is 0. The second-order valence-corrected chi connectivity index (χ2v) is 5.63. The zero-order valence-electron chi connectivity index (χ0n) is 8.70. The second kappa shape index (κ2) is 2.50. The Balaban J connectivity index is 2.54. The summed E-state index contributed by atoms with van der Waals surface area (Å²) in [5.41, 5.74) is 1.25. The lowest BCUT2D eigenvalue weighted by atomic mass is 9.73. The van der Waals surface area contributed by atoms with Crippen LogP contribution in [-0.2, 0) is 0 Å². The Bertz CT molecular complexity index is 133. The zero-order valence-corrected chi connectivity index (χ0v) is 8.70. The van der Waals surface area contributed by atoms with Crippen LogP contribution in [0.5, 0.6) is 0 Å². The van der Waals surface area contributed by atoms with Crippen molar-refractivity contribution in [1.82, 2.24) is 0 Å². The van der Waals surface area contributed by atoms with Gasteiger partial charge in [-0.2, -0.15) is 0 Å². The van der Waals surface area contributed by atoms with Gasteiger partial charge >= 0.3 is 0 Å². The summed E-state index contributed by atoms with van der Waals surface area (Å²) in [5.74, 6) is 0.872. The molecule has 0 radical (unpaired) electrons. The highest BCUT2D eigenvalue weighted by atomic mass is 14.6. The van der Waals surface area contributed by atoms with Crippen molar-refractivity contribution in [1.29, 1.82) is 0 Å². The van der Waals surface area contributed by atoms with Crippen LogP contribution in [0.3, 0.4) is 0 Å². The fourth-order valence-electron chi connectivity index (χ4n) is 2.19. The summed E-state index contributed by atoms with van der Waals surface area (Å²) >= 11 is 0. The van der Waals surface area contributed by atoms with E-state index in [0.29, 0.717) is 10.8 Å². The minimum atomic E-state index is 0.539. The number of hydrogen-bond acceptors (Lipinski definition) is 0. The van der Waals surface area contributed by atoms with Crippen molar-refractivity contribution in [2.24, 2.45) is 16.7 Å². The summed E-state index contributed by atoms with van der Waals surface area (Å²) in [4.78, 5) is 0. The third-order valence-electron chi connectivity index (χ3n) is 3.24. The van der Waals surface area contributed by atoms with Gasteiger partial charge in [0.25, 0.3) is 0 Å². The Morgan fingerprint density at radius 3 is 1.73 bits per heavy atom. The smallest absolute Gasteiger partial charge is 0.0246 e. The molecule has 0 amide bonds. The molecule has 1 saturated carbocycles. The van der Waals surface area contributed by atoms with Crippen LogP contribution in [0.25, 0.3) is 0 Å². The van der Waals surface area contributed by atoms with Gasteiger partial charge in [-0.25, -0.2) is 0 Å². The number of rotatable bonds is 2. The van der Waals surface area contributed by atoms with Gasteiger partial charge in [-0.15, -0.1) is 0 Å². The largest absolute Gasteiger partial charge is 0.0628 e. The highest BCUT2D eigenvalue weighted by Crippen LogP contribution is 2.61. The third kappa shape index (κ3) is 1.77. The summed E-state index contributed by atoms with van der Waals surface area (Å²) in [6.07, 6.45) is 4.36. The van der Waals surface area contributed by atoms with Gasteiger partial charge in [0, 0.05) is 0 Å². The Hall–Kier alpha value is 0. The van der Waals surface area contributed by atoms with Gasteiger partial charge in [-0.3, -0.25) is 0 Å². The average Bonchev–Trinajstić information content (AvgIpc) is 2.42. The maximum absolute atomic E-state index is 2.39. The van der Waals surface area contributed by atoms with E-state index in [2.05, 4.69) is 34.6 Å². The van der Waals surface area contributed by atoms with E-state index < -0.39 is 0 Å². The fourth-order valence-corrected chi connectivity index (χ4v) is 2.19. The van der Waals surface area contributed by atoms with E-state index in [9.17, 15) is 0 Å². The first-order valence-electron chi connectivity index (χ1n) is 4.87. The molecule has 0 heteroatoms. The van der Waals surface area contributed by atoms with E-state index in [1.165, 1.54) is 19.3 Å². The molecule has 0 bridgehead atoms. The van der Waals surface area contributed by atoms with Crippen molar-refractivity contribution in [3.05, 3.63) is 0 Å². The van der Waals surface area contributed by atoms with Gasteiger partial charge in [0.2, 0.25) is 0 Å². The first-order chi connectivity index (χ1) is 4.87. The summed E-state index contributed by atoms with van der Waals surface area (Å²) in [6.45, 7) is 11.9. The van der Waals surface area contributed by atoms with Crippen molar-refractivity contribution >= 4 is 0 Å². The molecule has 0 atom stereocenters. The van der Waals surface area contributed by atoms with Crippen molar-refractivity contribution in [2.45, 2.75) is 53.9 Å². The average molecular weight is 154 g/mol. The molecule has 1 fully saturated rings. The highest BCUT2D eigenvalue weighted by Gasteiger charge is 2.51. The van der Waals surface area contributed by atoms with Crippen LogP contribution >= 0.6 is 0 Å². The van der Waals surface area contributed by atoms with E-state index in [4.69, 9.17) is 0 Å². The normalized spacial score (nSPS) is 22.4. The summed E-state index contributed by atoms with van der Waals surface area (Å²) in [7, 11) is 0. The van der Waals surface area contributed by atoms with Crippen molar-refractivity contribution in [3.8, 4) is 0 Å².